The molecule has 0 aliphatic carbocycles. The van der Waals surface area contributed by atoms with Gasteiger partial charge in [-0.3, -0.25) is 0 Å². The van der Waals surface area contributed by atoms with Crippen LogP contribution in [-0.4, -0.2) is 34.8 Å². The summed E-state index contributed by atoms with van der Waals surface area (Å²) in [6, 6.07) is 1.86. The summed E-state index contributed by atoms with van der Waals surface area (Å²) >= 11 is 0. The number of aliphatic hydroxyl groups excluding tert-OH is 1. The number of nitrogens with zero attached hydrogens (tertiary/aromatic N) is 2. The topological polar surface area (TPSA) is 70.1 Å². The lowest BCUT2D eigenvalue weighted by Gasteiger charge is -2.24. The van der Waals surface area contributed by atoms with Crippen molar-refractivity contribution in [2.75, 3.05) is 30.3 Å². The smallest absolute Gasteiger partial charge is 0.224 e. The summed E-state index contributed by atoms with van der Waals surface area (Å²) < 4.78 is 0. The molecule has 3 N–H and O–H groups in total. The Morgan fingerprint density at radius 1 is 1.33 bits per heavy atom. The van der Waals surface area contributed by atoms with E-state index in [-0.39, 0.29) is 12.0 Å². The van der Waals surface area contributed by atoms with Crippen molar-refractivity contribution < 1.29 is 5.11 Å². The van der Waals surface area contributed by atoms with Crippen LogP contribution in [0.15, 0.2) is 12.3 Å². The van der Waals surface area contributed by atoms with E-state index in [1.807, 2.05) is 13.0 Å². The second-order valence-electron chi connectivity index (χ2n) is 5.14. The summed E-state index contributed by atoms with van der Waals surface area (Å²) in [7, 11) is 0. The van der Waals surface area contributed by atoms with E-state index < -0.39 is 0 Å². The lowest BCUT2D eigenvalue weighted by Crippen LogP contribution is -2.24. The predicted octanol–water partition coefficient (Wildman–Crippen LogP) is 2.12. The van der Waals surface area contributed by atoms with Gasteiger partial charge in [-0.2, -0.15) is 4.98 Å². The van der Waals surface area contributed by atoms with Gasteiger partial charge in [0.2, 0.25) is 5.95 Å². The summed E-state index contributed by atoms with van der Waals surface area (Å²) in [4.78, 5) is 8.49. The van der Waals surface area contributed by atoms with Crippen LogP contribution in [0, 0.1) is 5.41 Å². The normalized spacial score (nSPS) is 11.3. The summed E-state index contributed by atoms with van der Waals surface area (Å²) in [5.74, 6) is 1.48. The fourth-order valence-electron chi connectivity index (χ4n) is 1.68. The molecule has 0 radical (unpaired) electrons. The number of aliphatic hydroxyl groups is 1. The van der Waals surface area contributed by atoms with Crippen molar-refractivity contribution in [3.63, 3.8) is 0 Å². The number of aromatic nitrogens is 2. The van der Waals surface area contributed by atoms with Crippen molar-refractivity contribution in [1.82, 2.24) is 9.97 Å². The van der Waals surface area contributed by atoms with E-state index in [1.54, 1.807) is 6.20 Å². The maximum absolute atomic E-state index is 8.86. The van der Waals surface area contributed by atoms with Gasteiger partial charge in [-0.15, -0.1) is 0 Å². The standard InChI is InChI=1S/C13H24N4O/c1-4-14-12-15-8-6-11(17-12)16-10-13(2,3)7-5-9-18/h6,8,18H,4-5,7,9-10H2,1-3H3,(H2,14,15,16,17). The van der Waals surface area contributed by atoms with Gasteiger partial charge in [-0.25, -0.2) is 4.98 Å². The van der Waals surface area contributed by atoms with Crippen molar-refractivity contribution in [1.29, 1.82) is 0 Å². The lowest BCUT2D eigenvalue weighted by atomic mass is 9.88. The van der Waals surface area contributed by atoms with Crippen molar-refractivity contribution >= 4 is 11.8 Å². The molecule has 0 unspecified atom stereocenters. The Balaban J connectivity index is 2.49. The van der Waals surface area contributed by atoms with E-state index in [4.69, 9.17) is 5.11 Å². The SMILES string of the molecule is CCNc1nccc(NCC(C)(C)CCCO)n1. The zero-order valence-electron chi connectivity index (χ0n) is 11.5. The Kier molecular flexibility index (Phi) is 5.85. The molecule has 0 fully saturated rings. The van der Waals surface area contributed by atoms with Gasteiger partial charge in [0.25, 0.3) is 0 Å². The number of anilines is 2. The van der Waals surface area contributed by atoms with Crippen molar-refractivity contribution in [3.05, 3.63) is 12.3 Å². The maximum Gasteiger partial charge on any atom is 0.224 e. The highest BCUT2D eigenvalue weighted by atomic mass is 16.2. The second-order valence-corrected chi connectivity index (χ2v) is 5.14. The summed E-state index contributed by atoms with van der Waals surface area (Å²) in [6.07, 6.45) is 3.57. The molecule has 1 heterocycles. The molecule has 0 saturated carbocycles. The van der Waals surface area contributed by atoms with Crippen LogP contribution in [0.2, 0.25) is 0 Å². The molecule has 0 aromatic carbocycles. The monoisotopic (exact) mass is 252 g/mol. The van der Waals surface area contributed by atoms with E-state index in [0.29, 0.717) is 5.95 Å². The van der Waals surface area contributed by atoms with Gasteiger partial charge in [0.15, 0.2) is 0 Å². The van der Waals surface area contributed by atoms with Gasteiger partial charge >= 0.3 is 0 Å². The molecule has 102 valence electrons. The number of hydrogen-bond acceptors (Lipinski definition) is 5. The molecule has 0 aliphatic heterocycles. The quantitative estimate of drug-likeness (QED) is 0.661. The first-order chi connectivity index (χ1) is 8.57. The second kappa shape index (κ2) is 7.16. The zero-order valence-corrected chi connectivity index (χ0v) is 11.5. The molecule has 0 amide bonds. The maximum atomic E-state index is 8.86. The van der Waals surface area contributed by atoms with Gasteiger partial charge in [0.05, 0.1) is 0 Å². The van der Waals surface area contributed by atoms with Crippen LogP contribution in [0.5, 0.6) is 0 Å². The largest absolute Gasteiger partial charge is 0.396 e. The molecule has 1 aromatic heterocycles. The van der Waals surface area contributed by atoms with E-state index in [0.717, 1.165) is 31.7 Å². The Bertz CT molecular complexity index is 355. The molecule has 0 atom stereocenters. The third-order valence-electron chi connectivity index (χ3n) is 2.75. The first-order valence-electron chi connectivity index (χ1n) is 6.49. The average molecular weight is 252 g/mol. The lowest BCUT2D eigenvalue weighted by molar-refractivity contribution is 0.248. The molecule has 0 spiro atoms. The molecular formula is C13H24N4O. The van der Waals surface area contributed by atoms with E-state index in [2.05, 4.69) is 34.4 Å². The van der Waals surface area contributed by atoms with Gasteiger partial charge in [-0.05, 0) is 31.2 Å². The molecule has 0 saturated heterocycles. The van der Waals surface area contributed by atoms with E-state index in [1.165, 1.54) is 0 Å². The molecule has 5 nitrogen and oxygen atoms in total. The first kappa shape index (κ1) is 14.7. The van der Waals surface area contributed by atoms with Crippen LogP contribution < -0.4 is 10.6 Å². The molecule has 5 heteroatoms. The average Bonchev–Trinajstić information content (AvgIpc) is 2.35. The summed E-state index contributed by atoms with van der Waals surface area (Å²) in [5.41, 5.74) is 0.145. The highest BCUT2D eigenvalue weighted by Gasteiger charge is 2.17. The van der Waals surface area contributed by atoms with Crippen LogP contribution in [0.1, 0.15) is 33.6 Å². The fraction of sp³-hybridized carbons (Fsp3) is 0.692. The Morgan fingerprint density at radius 3 is 2.78 bits per heavy atom. The summed E-state index contributed by atoms with van der Waals surface area (Å²) in [5, 5.41) is 15.3. The van der Waals surface area contributed by atoms with Crippen LogP contribution in [0.4, 0.5) is 11.8 Å². The molecular weight excluding hydrogens is 228 g/mol. The molecule has 0 aliphatic rings. The predicted molar refractivity (Wildman–Crippen MR) is 74.8 cm³/mol. The van der Waals surface area contributed by atoms with E-state index in [9.17, 15) is 0 Å². The molecule has 18 heavy (non-hydrogen) atoms. The molecule has 0 bridgehead atoms. The third-order valence-corrected chi connectivity index (χ3v) is 2.75. The van der Waals surface area contributed by atoms with Crippen LogP contribution in [0.25, 0.3) is 0 Å². The number of nitrogens with one attached hydrogen (secondary N) is 2. The van der Waals surface area contributed by atoms with E-state index >= 15 is 0 Å². The van der Waals surface area contributed by atoms with Crippen LogP contribution >= 0.6 is 0 Å². The third kappa shape index (κ3) is 5.31. The Hall–Kier alpha value is -1.36. The minimum absolute atomic E-state index is 0.145. The number of rotatable bonds is 8. The zero-order chi connectivity index (χ0) is 13.4. The molecule has 1 rings (SSSR count). The van der Waals surface area contributed by atoms with Crippen molar-refractivity contribution in [2.24, 2.45) is 5.41 Å². The first-order valence-corrected chi connectivity index (χ1v) is 6.49. The molecule has 1 aromatic rings. The van der Waals surface area contributed by atoms with Gasteiger partial charge < -0.3 is 15.7 Å². The summed E-state index contributed by atoms with van der Waals surface area (Å²) in [6.45, 7) is 8.27. The minimum atomic E-state index is 0.145. The van der Waals surface area contributed by atoms with Crippen LogP contribution in [0.3, 0.4) is 0 Å². The Morgan fingerprint density at radius 2 is 2.11 bits per heavy atom. The van der Waals surface area contributed by atoms with Crippen molar-refractivity contribution in [2.45, 2.75) is 33.6 Å². The number of hydrogen-bond donors (Lipinski definition) is 3. The minimum Gasteiger partial charge on any atom is -0.396 e. The fourth-order valence-corrected chi connectivity index (χ4v) is 1.68. The van der Waals surface area contributed by atoms with Crippen molar-refractivity contribution in [3.8, 4) is 0 Å². The van der Waals surface area contributed by atoms with Gasteiger partial charge in [0, 0.05) is 25.9 Å². The highest BCUT2D eigenvalue weighted by molar-refractivity contribution is 5.39. The van der Waals surface area contributed by atoms with Gasteiger partial charge in [-0.1, -0.05) is 13.8 Å². The van der Waals surface area contributed by atoms with Gasteiger partial charge in [0.1, 0.15) is 5.82 Å². The van der Waals surface area contributed by atoms with Crippen LogP contribution in [-0.2, 0) is 0 Å². The Labute approximate surface area is 109 Å². The highest BCUT2D eigenvalue weighted by Crippen LogP contribution is 2.22.